The Morgan fingerprint density at radius 3 is 2.85 bits per heavy atom. The van der Waals surface area contributed by atoms with Crippen molar-refractivity contribution in [3.8, 4) is 6.07 Å². The van der Waals surface area contributed by atoms with E-state index in [1.165, 1.54) is 11.3 Å². The van der Waals surface area contributed by atoms with Crippen LogP contribution in [0.5, 0.6) is 0 Å². The number of hydrogen-bond acceptors (Lipinski definition) is 3. The second-order valence-corrected chi connectivity index (χ2v) is 6.61. The fourth-order valence-electron chi connectivity index (χ4n) is 2.89. The summed E-state index contributed by atoms with van der Waals surface area (Å²) in [6, 6.07) is 9.60. The lowest BCUT2D eigenvalue weighted by molar-refractivity contribution is 0.199. The van der Waals surface area contributed by atoms with Gasteiger partial charge in [-0.05, 0) is 51.1 Å². The standard InChI is InChI=1S/C16H22BrN3/c1-12-10-14(17)4-5-16(12)20-9-7-13(2)19(3)15(11-20)6-8-18/h4-5,10,13,15H,6-7,9,11H2,1-3H3. The highest BCUT2D eigenvalue weighted by Crippen LogP contribution is 2.27. The lowest BCUT2D eigenvalue weighted by atomic mass is 10.1. The summed E-state index contributed by atoms with van der Waals surface area (Å²) in [7, 11) is 2.14. The molecule has 0 amide bonds. The van der Waals surface area contributed by atoms with E-state index in [2.05, 4.69) is 70.9 Å². The largest absolute Gasteiger partial charge is 0.370 e. The monoisotopic (exact) mass is 335 g/mol. The summed E-state index contributed by atoms with van der Waals surface area (Å²) >= 11 is 3.52. The van der Waals surface area contributed by atoms with E-state index in [-0.39, 0.29) is 0 Å². The van der Waals surface area contributed by atoms with Gasteiger partial charge in [0.25, 0.3) is 0 Å². The van der Waals surface area contributed by atoms with Crippen molar-refractivity contribution >= 4 is 21.6 Å². The van der Waals surface area contributed by atoms with Crippen LogP contribution in [0.25, 0.3) is 0 Å². The number of benzene rings is 1. The van der Waals surface area contributed by atoms with E-state index in [0.717, 1.165) is 24.0 Å². The minimum atomic E-state index is 0.306. The molecular formula is C16H22BrN3. The van der Waals surface area contributed by atoms with Gasteiger partial charge in [0.2, 0.25) is 0 Å². The summed E-state index contributed by atoms with van der Waals surface area (Å²) in [5.41, 5.74) is 2.57. The number of anilines is 1. The number of halogens is 1. The Bertz CT molecular complexity index is 509. The Morgan fingerprint density at radius 2 is 2.20 bits per heavy atom. The summed E-state index contributed by atoms with van der Waals surface area (Å²) in [6.45, 7) is 6.38. The molecule has 108 valence electrons. The molecule has 0 bridgehead atoms. The first-order chi connectivity index (χ1) is 9.52. The van der Waals surface area contributed by atoms with Crippen LogP contribution < -0.4 is 4.90 Å². The fourth-order valence-corrected chi connectivity index (χ4v) is 3.36. The molecule has 0 aromatic heterocycles. The Balaban J connectivity index is 2.25. The van der Waals surface area contributed by atoms with Gasteiger partial charge in [0.1, 0.15) is 0 Å². The first-order valence-electron chi connectivity index (χ1n) is 7.13. The Hall–Kier alpha value is -1.05. The molecule has 1 saturated heterocycles. The van der Waals surface area contributed by atoms with Gasteiger partial charge < -0.3 is 4.90 Å². The fraction of sp³-hybridized carbons (Fsp3) is 0.562. The molecule has 0 radical (unpaired) electrons. The van der Waals surface area contributed by atoms with Gasteiger partial charge >= 0.3 is 0 Å². The highest BCUT2D eigenvalue weighted by Gasteiger charge is 2.27. The third-order valence-electron chi connectivity index (χ3n) is 4.35. The van der Waals surface area contributed by atoms with Gasteiger partial charge in [-0.15, -0.1) is 0 Å². The number of nitrogens with zero attached hydrogens (tertiary/aromatic N) is 3. The number of rotatable bonds is 2. The highest BCUT2D eigenvalue weighted by atomic mass is 79.9. The molecule has 1 aromatic carbocycles. The molecule has 20 heavy (non-hydrogen) atoms. The van der Waals surface area contributed by atoms with E-state index >= 15 is 0 Å². The van der Waals surface area contributed by atoms with Gasteiger partial charge in [-0.25, -0.2) is 0 Å². The summed E-state index contributed by atoms with van der Waals surface area (Å²) in [6.07, 6.45) is 1.72. The van der Waals surface area contributed by atoms with Crippen molar-refractivity contribution in [3.63, 3.8) is 0 Å². The predicted molar refractivity (Wildman–Crippen MR) is 87.0 cm³/mol. The van der Waals surface area contributed by atoms with Crippen molar-refractivity contribution in [1.29, 1.82) is 5.26 Å². The van der Waals surface area contributed by atoms with Crippen LogP contribution in [0.3, 0.4) is 0 Å². The first-order valence-corrected chi connectivity index (χ1v) is 7.92. The number of likely N-dealkylation sites (N-methyl/N-ethyl adjacent to an activating group) is 1. The summed E-state index contributed by atoms with van der Waals surface area (Å²) < 4.78 is 1.12. The van der Waals surface area contributed by atoms with Crippen LogP contribution in [0, 0.1) is 18.3 Å². The molecule has 1 aromatic rings. The average Bonchev–Trinajstić information content (AvgIpc) is 2.53. The van der Waals surface area contributed by atoms with Crippen molar-refractivity contribution in [1.82, 2.24) is 4.90 Å². The molecule has 1 fully saturated rings. The maximum Gasteiger partial charge on any atom is 0.0638 e. The Labute approximate surface area is 130 Å². The molecule has 1 aliphatic rings. The molecule has 0 aliphatic carbocycles. The molecule has 0 spiro atoms. The summed E-state index contributed by atoms with van der Waals surface area (Å²) in [5, 5.41) is 9.06. The lowest BCUT2D eigenvalue weighted by Gasteiger charge is -2.31. The molecule has 4 heteroatoms. The van der Waals surface area contributed by atoms with E-state index in [1.54, 1.807) is 0 Å². The second kappa shape index (κ2) is 6.60. The molecule has 2 rings (SSSR count). The molecule has 1 aliphatic heterocycles. The SMILES string of the molecule is Cc1cc(Br)ccc1N1CCC(C)N(C)C(CC#N)C1. The van der Waals surface area contributed by atoms with Gasteiger partial charge in [-0.1, -0.05) is 15.9 Å². The van der Waals surface area contributed by atoms with Crippen molar-refractivity contribution in [2.24, 2.45) is 0 Å². The topological polar surface area (TPSA) is 30.3 Å². The zero-order valence-corrected chi connectivity index (χ0v) is 14.0. The van der Waals surface area contributed by atoms with Crippen LogP contribution in [-0.2, 0) is 0 Å². The second-order valence-electron chi connectivity index (χ2n) is 5.70. The van der Waals surface area contributed by atoms with Gasteiger partial charge in [0.15, 0.2) is 0 Å². The van der Waals surface area contributed by atoms with E-state index < -0.39 is 0 Å². The highest BCUT2D eigenvalue weighted by molar-refractivity contribution is 9.10. The smallest absolute Gasteiger partial charge is 0.0638 e. The van der Waals surface area contributed by atoms with Gasteiger partial charge in [0.05, 0.1) is 12.5 Å². The predicted octanol–water partition coefficient (Wildman–Crippen LogP) is 3.57. The number of aryl methyl sites for hydroxylation is 1. The molecule has 2 unspecified atom stereocenters. The lowest BCUT2D eigenvalue weighted by Crippen LogP contribution is -2.41. The minimum absolute atomic E-state index is 0.306. The van der Waals surface area contributed by atoms with Crippen LogP contribution in [0.2, 0.25) is 0 Å². The maximum absolute atomic E-state index is 9.06. The third kappa shape index (κ3) is 3.34. The van der Waals surface area contributed by atoms with Crippen LogP contribution in [0.1, 0.15) is 25.3 Å². The molecular weight excluding hydrogens is 314 g/mol. The van der Waals surface area contributed by atoms with E-state index in [9.17, 15) is 0 Å². The van der Waals surface area contributed by atoms with E-state index in [0.29, 0.717) is 18.5 Å². The molecule has 2 atom stereocenters. The Morgan fingerprint density at radius 1 is 1.45 bits per heavy atom. The zero-order valence-electron chi connectivity index (χ0n) is 12.4. The van der Waals surface area contributed by atoms with Crippen molar-refractivity contribution in [3.05, 3.63) is 28.2 Å². The van der Waals surface area contributed by atoms with E-state index in [4.69, 9.17) is 5.26 Å². The third-order valence-corrected chi connectivity index (χ3v) is 4.84. The molecule has 3 nitrogen and oxygen atoms in total. The van der Waals surface area contributed by atoms with Crippen LogP contribution in [0.4, 0.5) is 5.69 Å². The van der Waals surface area contributed by atoms with E-state index in [1.807, 2.05) is 0 Å². The minimum Gasteiger partial charge on any atom is -0.370 e. The molecule has 1 heterocycles. The summed E-state index contributed by atoms with van der Waals surface area (Å²) in [4.78, 5) is 4.79. The van der Waals surface area contributed by atoms with Gasteiger partial charge in [-0.3, -0.25) is 4.90 Å². The average molecular weight is 336 g/mol. The molecule has 0 N–H and O–H groups in total. The summed E-state index contributed by atoms with van der Waals surface area (Å²) in [5.74, 6) is 0. The van der Waals surface area contributed by atoms with Crippen LogP contribution in [0.15, 0.2) is 22.7 Å². The first kappa shape index (κ1) is 15.3. The van der Waals surface area contributed by atoms with Crippen molar-refractivity contribution < 1.29 is 0 Å². The Kier molecular flexibility index (Phi) is 5.06. The zero-order chi connectivity index (χ0) is 14.7. The van der Waals surface area contributed by atoms with Crippen molar-refractivity contribution in [2.75, 3.05) is 25.0 Å². The quantitative estimate of drug-likeness (QED) is 0.827. The number of nitriles is 1. The van der Waals surface area contributed by atoms with Crippen LogP contribution in [-0.4, -0.2) is 37.1 Å². The normalized spacial score (nSPS) is 24.2. The van der Waals surface area contributed by atoms with Crippen LogP contribution >= 0.6 is 15.9 Å². The maximum atomic E-state index is 9.06. The molecule has 0 saturated carbocycles. The number of hydrogen-bond donors (Lipinski definition) is 0. The van der Waals surface area contributed by atoms with Crippen molar-refractivity contribution in [2.45, 2.75) is 38.8 Å². The van der Waals surface area contributed by atoms with Gasteiger partial charge in [-0.2, -0.15) is 5.26 Å². The van der Waals surface area contributed by atoms with Gasteiger partial charge in [0, 0.05) is 35.3 Å².